The summed E-state index contributed by atoms with van der Waals surface area (Å²) in [6, 6.07) is 7.37. The Hall–Kier alpha value is -3.03. The van der Waals surface area contributed by atoms with E-state index in [2.05, 4.69) is 28.5 Å². The smallest absolute Gasteiger partial charge is 0.324 e. The number of methoxy groups -OCH3 is 1. The first-order chi connectivity index (χ1) is 13.5. The van der Waals surface area contributed by atoms with E-state index in [9.17, 15) is 15.0 Å². The summed E-state index contributed by atoms with van der Waals surface area (Å²) < 4.78 is 5.08. The van der Waals surface area contributed by atoms with Crippen LogP contribution in [0.2, 0.25) is 0 Å². The normalized spacial score (nSPS) is 12.6. The molecule has 0 spiro atoms. The third-order valence-corrected chi connectivity index (χ3v) is 3.50. The van der Waals surface area contributed by atoms with E-state index >= 15 is 0 Å². The van der Waals surface area contributed by atoms with Gasteiger partial charge in [-0.2, -0.15) is 5.90 Å². The molecule has 0 fully saturated rings. The summed E-state index contributed by atoms with van der Waals surface area (Å²) >= 11 is 0. The fourth-order valence-corrected chi connectivity index (χ4v) is 2.01. The number of hydrogen-bond acceptors (Lipinski definition) is 6. The van der Waals surface area contributed by atoms with Crippen LogP contribution in [0.15, 0.2) is 48.6 Å². The van der Waals surface area contributed by atoms with Gasteiger partial charge in [0.1, 0.15) is 11.9 Å². The maximum atomic E-state index is 10.8. The van der Waals surface area contributed by atoms with Gasteiger partial charge in [-0.25, -0.2) is 0 Å². The number of hydrogen-bond donors (Lipinski definition) is 3. The number of ether oxygens (including phenoxy) is 1. The van der Waals surface area contributed by atoms with Crippen molar-refractivity contribution in [3.05, 3.63) is 54.1 Å². The largest absolute Gasteiger partial charge is 0.497 e. The molecular weight excluding hydrogens is 358 g/mol. The topological polar surface area (TPSA) is 102 Å². The zero-order valence-electron chi connectivity index (χ0n) is 15.8. The highest BCUT2D eigenvalue weighted by Gasteiger charge is 2.03. The van der Waals surface area contributed by atoms with Crippen molar-refractivity contribution >= 4 is 5.97 Å². The molecule has 4 N–H and O–H groups in total. The second kappa shape index (κ2) is 14.1. The van der Waals surface area contributed by atoms with E-state index in [1.54, 1.807) is 31.4 Å². The molecule has 1 rings (SSSR count). The number of carbonyl (C=O) groups excluding carboxylic acids is 1. The quantitative estimate of drug-likeness (QED) is 0.360. The molecule has 0 saturated carbocycles. The number of aliphatic hydroxyl groups is 2. The molecule has 0 aromatic heterocycles. The van der Waals surface area contributed by atoms with Gasteiger partial charge in [0.05, 0.1) is 13.2 Å². The monoisotopic (exact) mass is 383 g/mol. The first kappa shape index (κ1) is 23.0. The van der Waals surface area contributed by atoms with Crippen molar-refractivity contribution in [2.24, 2.45) is 5.90 Å². The SMILES string of the molecule is COc1ccc(C#CC[C@@H](O)/C=C/C=C/C#C[C@@H](O)CCCC(=O)ON)cc1. The van der Waals surface area contributed by atoms with E-state index in [4.69, 9.17) is 10.6 Å². The van der Waals surface area contributed by atoms with Crippen molar-refractivity contribution < 1.29 is 24.6 Å². The van der Waals surface area contributed by atoms with Crippen molar-refractivity contribution in [3.8, 4) is 29.4 Å². The first-order valence-electron chi connectivity index (χ1n) is 8.78. The summed E-state index contributed by atoms with van der Waals surface area (Å²) in [4.78, 5) is 14.8. The molecule has 1 aromatic carbocycles. The zero-order valence-corrected chi connectivity index (χ0v) is 15.8. The first-order valence-corrected chi connectivity index (χ1v) is 8.78. The molecule has 0 amide bonds. The van der Waals surface area contributed by atoms with Crippen LogP contribution in [0.5, 0.6) is 5.75 Å². The van der Waals surface area contributed by atoms with Gasteiger partial charge in [-0.3, -0.25) is 4.79 Å². The molecule has 6 nitrogen and oxygen atoms in total. The van der Waals surface area contributed by atoms with E-state index < -0.39 is 18.2 Å². The molecule has 0 radical (unpaired) electrons. The van der Waals surface area contributed by atoms with Gasteiger partial charge in [0, 0.05) is 18.4 Å². The van der Waals surface area contributed by atoms with Gasteiger partial charge >= 0.3 is 5.97 Å². The van der Waals surface area contributed by atoms with Gasteiger partial charge in [0.15, 0.2) is 0 Å². The summed E-state index contributed by atoms with van der Waals surface area (Å²) in [5.41, 5.74) is 0.852. The maximum absolute atomic E-state index is 10.8. The van der Waals surface area contributed by atoms with Crippen molar-refractivity contribution in [1.29, 1.82) is 0 Å². The molecule has 28 heavy (non-hydrogen) atoms. The highest BCUT2D eigenvalue weighted by Crippen LogP contribution is 2.10. The van der Waals surface area contributed by atoms with E-state index in [0.29, 0.717) is 19.3 Å². The number of rotatable bonds is 8. The van der Waals surface area contributed by atoms with E-state index in [0.717, 1.165) is 11.3 Å². The lowest BCUT2D eigenvalue weighted by Gasteiger charge is -2.01. The second-order valence-corrected chi connectivity index (χ2v) is 5.73. The Bertz CT molecular complexity index is 775. The standard InChI is InChI=1S/C22H25NO5/c1-27-21-16-14-18(15-17-21)8-6-11-19(24)9-4-2-3-5-10-20(25)12-7-13-22(26)28-23/h2-4,9,14-17,19-20,24-25H,7,11-13,23H2,1H3/b3-2+,9-4+/t19-,20+/m0/s1. The number of allylic oxidation sites excluding steroid dienone is 3. The minimum absolute atomic E-state index is 0.146. The van der Waals surface area contributed by atoms with Gasteiger partial charge in [-0.15, -0.1) is 0 Å². The Labute approximate surface area is 165 Å². The van der Waals surface area contributed by atoms with Crippen molar-refractivity contribution in [2.45, 2.75) is 37.9 Å². The van der Waals surface area contributed by atoms with Gasteiger partial charge < -0.3 is 19.8 Å². The minimum atomic E-state index is -0.821. The van der Waals surface area contributed by atoms with E-state index in [1.165, 1.54) is 0 Å². The number of nitrogens with two attached hydrogens (primary N) is 1. The molecule has 0 saturated heterocycles. The molecule has 2 atom stereocenters. The summed E-state index contributed by atoms with van der Waals surface area (Å²) in [7, 11) is 1.61. The molecule has 1 aromatic rings. The van der Waals surface area contributed by atoms with Gasteiger partial charge in [-0.1, -0.05) is 41.9 Å². The highest BCUT2D eigenvalue weighted by molar-refractivity contribution is 5.68. The Morgan fingerprint density at radius 3 is 2.68 bits per heavy atom. The van der Waals surface area contributed by atoms with Crippen LogP contribution in [0.1, 0.15) is 31.2 Å². The van der Waals surface area contributed by atoms with Gasteiger partial charge in [0.25, 0.3) is 0 Å². The lowest BCUT2D eigenvalue weighted by Crippen LogP contribution is -2.11. The van der Waals surface area contributed by atoms with Crippen LogP contribution in [0.4, 0.5) is 0 Å². The molecule has 0 aliphatic carbocycles. The van der Waals surface area contributed by atoms with Crippen LogP contribution in [0.3, 0.4) is 0 Å². The Kier molecular flexibility index (Phi) is 11.6. The van der Waals surface area contributed by atoms with Crippen molar-refractivity contribution in [3.63, 3.8) is 0 Å². The Morgan fingerprint density at radius 1 is 1.25 bits per heavy atom. The van der Waals surface area contributed by atoms with Crippen LogP contribution in [-0.4, -0.2) is 35.5 Å². The molecule has 0 bridgehead atoms. The average Bonchev–Trinajstić information content (AvgIpc) is 2.70. The lowest BCUT2D eigenvalue weighted by atomic mass is 10.1. The van der Waals surface area contributed by atoms with E-state index in [-0.39, 0.29) is 6.42 Å². The minimum Gasteiger partial charge on any atom is -0.497 e. The molecule has 148 valence electrons. The van der Waals surface area contributed by atoms with E-state index in [1.807, 2.05) is 24.3 Å². The summed E-state index contributed by atoms with van der Waals surface area (Å²) in [6.07, 6.45) is 6.24. The molecule has 0 aliphatic rings. The second-order valence-electron chi connectivity index (χ2n) is 5.73. The molecule has 0 aliphatic heterocycles. The number of aliphatic hydroxyl groups excluding tert-OH is 2. The molecular formula is C22H25NO5. The lowest BCUT2D eigenvalue weighted by molar-refractivity contribution is -0.144. The molecule has 0 heterocycles. The van der Waals surface area contributed by atoms with Crippen LogP contribution in [0, 0.1) is 23.7 Å². The molecule has 6 heteroatoms. The highest BCUT2D eigenvalue weighted by atomic mass is 16.7. The maximum Gasteiger partial charge on any atom is 0.324 e. The summed E-state index contributed by atoms with van der Waals surface area (Å²) in [6.45, 7) is 0. The molecule has 0 unspecified atom stereocenters. The van der Waals surface area contributed by atoms with Crippen molar-refractivity contribution in [1.82, 2.24) is 0 Å². The number of carbonyl (C=O) groups is 1. The fraction of sp³-hybridized carbons (Fsp3) is 0.318. The average molecular weight is 383 g/mol. The van der Waals surface area contributed by atoms with Crippen LogP contribution < -0.4 is 10.6 Å². The van der Waals surface area contributed by atoms with Gasteiger partial charge in [-0.05, 0) is 43.2 Å². The Balaban J connectivity index is 2.30. The summed E-state index contributed by atoms with van der Waals surface area (Å²) in [5.74, 6) is 16.2. The summed E-state index contributed by atoms with van der Waals surface area (Å²) in [5, 5.41) is 19.5. The predicted molar refractivity (Wildman–Crippen MR) is 107 cm³/mol. The third-order valence-electron chi connectivity index (χ3n) is 3.50. The van der Waals surface area contributed by atoms with Crippen LogP contribution in [0.25, 0.3) is 0 Å². The Morgan fingerprint density at radius 2 is 2.00 bits per heavy atom. The van der Waals surface area contributed by atoms with Crippen LogP contribution >= 0.6 is 0 Å². The number of benzene rings is 1. The zero-order chi connectivity index (χ0) is 20.6. The van der Waals surface area contributed by atoms with Gasteiger partial charge in [0.2, 0.25) is 0 Å². The van der Waals surface area contributed by atoms with Crippen molar-refractivity contribution in [2.75, 3.05) is 7.11 Å². The third kappa shape index (κ3) is 10.8. The predicted octanol–water partition coefficient (Wildman–Crippen LogP) is 1.86. The fourth-order valence-electron chi connectivity index (χ4n) is 2.01. The van der Waals surface area contributed by atoms with Crippen LogP contribution in [-0.2, 0) is 9.63 Å².